The topological polar surface area (TPSA) is 56.7 Å². The molecule has 1 amide bonds. The first-order chi connectivity index (χ1) is 11.2. The van der Waals surface area contributed by atoms with Gasteiger partial charge in [0.05, 0.1) is 6.54 Å². The van der Waals surface area contributed by atoms with E-state index in [4.69, 9.17) is 0 Å². The summed E-state index contributed by atoms with van der Waals surface area (Å²) >= 11 is 2.03. The summed E-state index contributed by atoms with van der Waals surface area (Å²) in [5.74, 6) is 2.39. The fourth-order valence-corrected chi connectivity index (χ4v) is 4.40. The Kier molecular flexibility index (Phi) is 8.06. The summed E-state index contributed by atoms with van der Waals surface area (Å²) < 4.78 is 0. The van der Waals surface area contributed by atoms with E-state index in [1.165, 1.54) is 25.0 Å². The molecule has 2 aliphatic rings. The van der Waals surface area contributed by atoms with Crippen molar-refractivity contribution in [2.75, 3.05) is 31.9 Å². The van der Waals surface area contributed by atoms with Crippen LogP contribution in [0.2, 0.25) is 0 Å². The summed E-state index contributed by atoms with van der Waals surface area (Å²) in [6.07, 6.45) is 6.68. The molecule has 0 bridgehead atoms. The molecule has 2 fully saturated rings. The van der Waals surface area contributed by atoms with Gasteiger partial charge in [-0.25, -0.2) is 0 Å². The summed E-state index contributed by atoms with van der Waals surface area (Å²) in [6, 6.07) is 0.401. The van der Waals surface area contributed by atoms with E-state index < -0.39 is 0 Å². The van der Waals surface area contributed by atoms with E-state index in [0.717, 1.165) is 38.4 Å². The number of carbonyl (C=O) groups excluding carboxylic acids is 1. The number of piperidine rings is 1. The maximum Gasteiger partial charge on any atom is 0.224 e. The van der Waals surface area contributed by atoms with Crippen molar-refractivity contribution in [2.45, 2.75) is 63.7 Å². The molecule has 0 aromatic rings. The van der Waals surface area contributed by atoms with Crippen molar-refractivity contribution in [2.24, 2.45) is 4.99 Å². The van der Waals surface area contributed by atoms with E-state index in [2.05, 4.69) is 29.5 Å². The maximum absolute atomic E-state index is 12.3. The Morgan fingerprint density at radius 2 is 2.13 bits per heavy atom. The molecule has 132 valence electrons. The van der Waals surface area contributed by atoms with Crippen LogP contribution in [0.25, 0.3) is 0 Å². The van der Waals surface area contributed by atoms with Gasteiger partial charge in [-0.1, -0.05) is 0 Å². The molecule has 0 aromatic carbocycles. The average molecular weight is 341 g/mol. The van der Waals surface area contributed by atoms with E-state index in [1.807, 2.05) is 16.7 Å². The lowest BCUT2D eigenvalue weighted by Gasteiger charge is -2.33. The molecule has 2 atom stereocenters. The second kappa shape index (κ2) is 10.1. The number of rotatable bonds is 6. The van der Waals surface area contributed by atoms with Crippen molar-refractivity contribution < 1.29 is 4.79 Å². The highest BCUT2D eigenvalue weighted by atomic mass is 32.2. The van der Waals surface area contributed by atoms with Crippen LogP contribution in [0.3, 0.4) is 0 Å². The van der Waals surface area contributed by atoms with E-state index in [1.54, 1.807) is 0 Å². The van der Waals surface area contributed by atoms with Gasteiger partial charge in [-0.3, -0.25) is 9.79 Å². The fraction of sp³-hybridized carbons (Fsp3) is 0.882. The van der Waals surface area contributed by atoms with Gasteiger partial charge in [-0.15, -0.1) is 0 Å². The number of guanidine groups is 1. The summed E-state index contributed by atoms with van der Waals surface area (Å²) in [5.41, 5.74) is 0. The molecule has 2 rings (SSSR count). The predicted octanol–water partition coefficient (Wildman–Crippen LogP) is 2.23. The van der Waals surface area contributed by atoms with Crippen LogP contribution in [-0.4, -0.2) is 60.0 Å². The van der Waals surface area contributed by atoms with Crippen LogP contribution < -0.4 is 10.6 Å². The number of hydrogen-bond acceptors (Lipinski definition) is 3. The Morgan fingerprint density at radius 1 is 1.26 bits per heavy atom. The van der Waals surface area contributed by atoms with Crippen LogP contribution in [-0.2, 0) is 4.79 Å². The second-order valence-electron chi connectivity index (χ2n) is 6.46. The van der Waals surface area contributed by atoms with Crippen LogP contribution in [0.4, 0.5) is 0 Å². The van der Waals surface area contributed by atoms with Crippen LogP contribution in [0, 0.1) is 0 Å². The van der Waals surface area contributed by atoms with E-state index in [-0.39, 0.29) is 5.91 Å². The Labute approximate surface area is 145 Å². The molecule has 0 aromatic heterocycles. The number of amides is 1. The van der Waals surface area contributed by atoms with Crippen LogP contribution in [0.5, 0.6) is 0 Å². The zero-order valence-corrected chi connectivity index (χ0v) is 15.5. The van der Waals surface area contributed by atoms with Crippen molar-refractivity contribution in [3.8, 4) is 0 Å². The van der Waals surface area contributed by atoms with Gasteiger partial charge in [0.15, 0.2) is 5.96 Å². The molecular weight excluding hydrogens is 308 g/mol. The van der Waals surface area contributed by atoms with Gasteiger partial charge in [0.1, 0.15) is 0 Å². The normalized spacial score (nSPS) is 25.5. The number of nitrogens with zero attached hydrogens (tertiary/aromatic N) is 2. The van der Waals surface area contributed by atoms with Gasteiger partial charge < -0.3 is 15.5 Å². The third kappa shape index (κ3) is 6.24. The van der Waals surface area contributed by atoms with Gasteiger partial charge >= 0.3 is 0 Å². The minimum atomic E-state index is 0.270. The van der Waals surface area contributed by atoms with Crippen molar-refractivity contribution in [3.05, 3.63) is 0 Å². The molecule has 0 radical (unpaired) electrons. The molecule has 2 unspecified atom stereocenters. The van der Waals surface area contributed by atoms with Crippen molar-refractivity contribution >= 4 is 23.6 Å². The van der Waals surface area contributed by atoms with Gasteiger partial charge in [0, 0.05) is 37.3 Å². The number of aliphatic imine (C=N–C) groups is 1. The molecule has 2 N–H and O–H groups in total. The minimum absolute atomic E-state index is 0.270. The second-order valence-corrected chi connectivity index (χ2v) is 7.87. The number of carbonyl (C=O) groups is 1. The van der Waals surface area contributed by atoms with Crippen molar-refractivity contribution in [3.63, 3.8) is 0 Å². The average Bonchev–Trinajstić information content (AvgIpc) is 3.06. The fourth-order valence-electron chi connectivity index (χ4n) is 3.22. The molecule has 2 heterocycles. The summed E-state index contributed by atoms with van der Waals surface area (Å²) in [4.78, 5) is 19.1. The monoisotopic (exact) mass is 340 g/mol. The standard InChI is InChI=1S/C17H32N4OS/c1-3-18-17(20-13-15-8-6-12-23-15)19-10-9-16(22)21-11-5-4-7-14(21)2/h14-15H,3-13H2,1-2H3,(H2,18,19,20). The van der Waals surface area contributed by atoms with Gasteiger partial charge in [-0.05, 0) is 51.7 Å². The third-order valence-electron chi connectivity index (χ3n) is 4.58. The Hall–Kier alpha value is -0.910. The Balaban J connectivity index is 1.72. The van der Waals surface area contributed by atoms with Crippen LogP contribution in [0.15, 0.2) is 4.99 Å². The summed E-state index contributed by atoms with van der Waals surface area (Å²) in [6.45, 7) is 7.54. The number of nitrogens with one attached hydrogen (secondary N) is 2. The molecular formula is C17H32N4OS. The zero-order chi connectivity index (χ0) is 16.5. The molecule has 2 saturated heterocycles. The molecule has 5 nitrogen and oxygen atoms in total. The van der Waals surface area contributed by atoms with E-state index >= 15 is 0 Å². The van der Waals surface area contributed by atoms with Crippen molar-refractivity contribution in [1.29, 1.82) is 0 Å². The highest BCUT2D eigenvalue weighted by Crippen LogP contribution is 2.26. The lowest BCUT2D eigenvalue weighted by Crippen LogP contribution is -2.44. The molecule has 0 spiro atoms. The highest BCUT2D eigenvalue weighted by molar-refractivity contribution is 8.00. The first-order valence-electron chi connectivity index (χ1n) is 9.14. The molecule has 0 saturated carbocycles. The van der Waals surface area contributed by atoms with Gasteiger partial charge in [-0.2, -0.15) is 11.8 Å². The van der Waals surface area contributed by atoms with Crippen LogP contribution in [0.1, 0.15) is 52.4 Å². The van der Waals surface area contributed by atoms with Gasteiger partial charge in [0.2, 0.25) is 5.91 Å². The maximum atomic E-state index is 12.3. The molecule has 2 aliphatic heterocycles. The first-order valence-corrected chi connectivity index (χ1v) is 10.2. The quantitative estimate of drug-likeness (QED) is 0.575. The van der Waals surface area contributed by atoms with E-state index in [9.17, 15) is 4.79 Å². The summed E-state index contributed by atoms with van der Waals surface area (Å²) in [7, 11) is 0. The first kappa shape index (κ1) is 18.4. The lowest BCUT2D eigenvalue weighted by molar-refractivity contribution is -0.134. The third-order valence-corrected chi connectivity index (χ3v) is 5.96. The number of hydrogen-bond donors (Lipinski definition) is 2. The lowest BCUT2D eigenvalue weighted by atomic mass is 10.0. The summed E-state index contributed by atoms with van der Waals surface area (Å²) in [5, 5.41) is 7.25. The molecule has 0 aliphatic carbocycles. The predicted molar refractivity (Wildman–Crippen MR) is 99.1 cm³/mol. The van der Waals surface area contributed by atoms with Gasteiger partial charge in [0.25, 0.3) is 0 Å². The SMILES string of the molecule is CCNC(=NCC1CCCS1)NCCC(=O)N1CCCCC1C. The zero-order valence-electron chi connectivity index (χ0n) is 14.6. The number of thioether (sulfide) groups is 1. The minimum Gasteiger partial charge on any atom is -0.357 e. The Morgan fingerprint density at radius 3 is 2.83 bits per heavy atom. The van der Waals surface area contributed by atoms with Crippen molar-refractivity contribution in [1.82, 2.24) is 15.5 Å². The highest BCUT2D eigenvalue weighted by Gasteiger charge is 2.22. The Bertz CT molecular complexity index is 396. The molecule has 23 heavy (non-hydrogen) atoms. The smallest absolute Gasteiger partial charge is 0.224 e. The molecule has 6 heteroatoms. The number of likely N-dealkylation sites (tertiary alicyclic amines) is 1. The largest absolute Gasteiger partial charge is 0.357 e. The van der Waals surface area contributed by atoms with E-state index in [0.29, 0.717) is 24.3 Å². The van der Waals surface area contributed by atoms with Crippen LogP contribution >= 0.6 is 11.8 Å².